The molecule has 2 fully saturated rings. The largest absolute Gasteiger partial charge is 0.469 e. The van der Waals surface area contributed by atoms with E-state index in [2.05, 4.69) is 43.1 Å². The molecule has 0 aliphatic carbocycles. The van der Waals surface area contributed by atoms with Gasteiger partial charge in [-0.15, -0.1) is 0 Å². The van der Waals surface area contributed by atoms with E-state index >= 15 is 0 Å². The summed E-state index contributed by atoms with van der Waals surface area (Å²) in [7, 11) is 3.67. The lowest BCUT2D eigenvalue weighted by Crippen LogP contribution is -2.49. The van der Waals surface area contributed by atoms with Crippen molar-refractivity contribution in [3.63, 3.8) is 0 Å². The number of hydrogen-bond acceptors (Lipinski definition) is 3. The summed E-state index contributed by atoms with van der Waals surface area (Å²) in [5.41, 5.74) is 2.55. The Balaban J connectivity index is 1.95. The van der Waals surface area contributed by atoms with E-state index in [4.69, 9.17) is 4.74 Å². The van der Waals surface area contributed by atoms with E-state index in [1.807, 2.05) is 0 Å². The molecule has 20 heavy (non-hydrogen) atoms. The molecule has 4 atom stereocenters. The maximum atomic E-state index is 12.3. The number of esters is 1. The van der Waals surface area contributed by atoms with Gasteiger partial charge in [-0.1, -0.05) is 29.8 Å². The van der Waals surface area contributed by atoms with Crippen molar-refractivity contribution >= 4 is 5.97 Å². The van der Waals surface area contributed by atoms with Gasteiger partial charge in [-0.3, -0.25) is 9.69 Å². The van der Waals surface area contributed by atoms with Crippen molar-refractivity contribution < 1.29 is 9.53 Å². The molecule has 1 unspecified atom stereocenters. The summed E-state index contributed by atoms with van der Waals surface area (Å²) in [6, 6.07) is 9.61. The van der Waals surface area contributed by atoms with Crippen LogP contribution in [0.15, 0.2) is 24.3 Å². The Morgan fingerprint density at radius 2 is 1.95 bits per heavy atom. The predicted octanol–water partition coefficient (Wildman–Crippen LogP) is 2.73. The van der Waals surface area contributed by atoms with Crippen LogP contribution in [-0.2, 0) is 9.53 Å². The van der Waals surface area contributed by atoms with Crippen LogP contribution in [0.1, 0.15) is 36.3 Å². The first-order valence-electron chi connectivity index (χ1n) is 7.48. The zero-order valence-corrected chi connectivity index (χ0v) is 12.5. The minimum Gasteiger partial charge on any atom is -0.469 e. The number of piperidine rings is 1. The molecule has 2 bridgehead atoms. The van der Waals surface area contributed by atoms with Crippen LogP contribution in [0.3, 0.4) is 0 Å². The van der Waals surface area contributed by atoms with E-state index in [1.165, 1.54) is 24.7 Å². The number of carbonyl (C=O) groups excluding carboxylic acids is 1. The van der Waals surface area contributed by atoms with Crippen LogP contribution in [-0.4, -0.2) is 37.1 Å². The van der Waals surface area contributed by atoms with E-state index in [0.717, 1.165) is 12.8 Å². The number of carbonyl (C=O) groups is 1. The fourth-order valence-corrected chi connectivity index (χ4v) is 4.08. The second-order valence-electron chi connectivity index (χ2n) is 6.27. The van der Waals surface area contributed by atoms with E-state index < -0.39 is 0 Å². The Kier molecular flexibility index (Phi) is 3.55. The van der Waals surface area contributed by atoms with Gasteiger partial charge in [0.2, 0.25) is 0 Å². The summed E-state index contributed by atoms with van der Waals surface area (Å²) >= 11 is 0. The van der Waals surface area contributed by atoms with Crippen molar-refractivity contribution in [3.05, 3.63) is 35.4 Å². The monoisotopic (exact) mass is 273 g/mol. The number of nitrogens with zero attached hydrogens (tertiary/aromatic N) is 1. The molecule has 0 aromatic heterocycles. The summed E-state index contributed by atoms with van der Waals surface area (Å²) in [5.74, 6) is 0.232. The number of methoxy groups -OCH3 is 1. The Hall–Kier alpha value is -1.35. The van der Waals surface area contributed by atoms with Gasteiger partial charge in [-0.2, -0.15) is 0 Å². The zero-order chi connectivity index (χ0) is 14.3. The quantitative estimate of drug-likeness (QED) is 0.776. The van der Waals surface area contributed by atoms with Gasteiger partial charge in [0.1, 0.15) is 0 Å². The van der Waals surface area contributed by atoms with Crippen molar-refractivity contribution in [2.75, 3.05) is 14.2 Å². The van der Waals surface area contributed by atoms with Crippen LogP contribution < -0.4 is 0 Å². The first kappa shape index (κ1) is 13.6. The van der Waals surface area contributed by atoms with Gasteiger partial charge in [0.25, 0.3) is 0 Å². The van der Waals surface area contributed by atoms with Gasteiger partial charge in [0.05, 0.1) is 13.0 Å². The normalized spacial score (nSPS) is 33.1. The predicted molar refractivity (Wildman–Crippen MR) is 78.6 cm³/mol. The summed E-state index contributed by atoms with van der Waals surface area (Å²) in [6.07, 6.45) is 3.39. The number of rotatable bonds is 2. The third kappa shape index (κ3) is 2.14. The molecule has 1 aromatic carbocycles. The zero-order valence-electron chi connectivity index (χ0n) is 12.5. The number of ether oxygens (including phenoxy) is 1. The lowest BCUT2D eigenvalue weighted by molar-refractivity contribution is -0.150. The SMILES string of the molecule is COC(=O)[C@@H]1[C@@H](c2ccc(C)cc2)CC2CC[C@H]1N2C. The number of hydrogen-bond donors (Lipinski definition) is 0. The topological polar surface area (TPSA) is 29.5 Å². The van der Waals surface area contributed by atoms with Gasteiger partial charge in [0.15, 0.2) is 0 Å². The molecular formula is C17H23NO2. The molecule has 2 heterocycles. The highest BCUT2D eigenvalue weighted by Gasteiger charge is 2.49. The molecule has 2 saturated heterocycles. The summed E-state index contributed by atoms with van der Waals surface area (Å²) in [4.78, 5) is 14.7. The first-order chi connectivity index (χ1) is 9.61. The maximum absolute atomic E-state index is 12.3. The van der Waals surface area contributed by atoms with Crippen molar-refractivity contribution in [2.24, 2.45) is 5.92 Å². The highest BCUT2D eigenvalue weighted by Crippen LogP contribution is 2.46. The molecule has 3 rings (SSSR count). The van der Waals surface area contributed by atoms with Gasteiger partial charge in [-0.25, -0.2) is 0 Å². The van der Waals surface area contributed by atoms with E-state index in [0.29, 0.717) is 18.0 Å². The Morgan fingerprint density at radius 1 is 1.25 bits per heavy atom. The van der Waals surface area contributed by atoms with Gasteiger partial charge >= 0.3 is 5.97 Å². The molecule has 0 saturated carbocycles. The van der Waals surface area contributed by atoms with E-state index in [1.54, 1.807) is 0 Å². The summed E-state index contributed by atoms with van der Waals surface area (Å²) in [5, 5.41) is 0. The van der Waals surface area contributed by atoms with Gasteiger partial charge < -0.3 is 4.74 Å². The lowest BCUT2D eigenvalue weighted by atomic mass is 9.76. The Morgan fingerprint density at radius 3 is 2.60 bits per heavy atom. The van der Waals surface area contributed by atoms with Gasteiger partial charge in [-0.05, 0) is 38.8 Å². The van der Waals surface area contributed by atoms with Crippen LogP contribution in [0.4, 0.5) is 0 Å². The molecule has 2 aliphatic rings. The van der Waals surface area contributed by atoms with Crippen LogP contribution in [0.25, 0.3) is 0 Å². The van der Waals surface area contributed by atoms with E-state index in [-0.39, 0.29) is 11.9 Å². The molecule has 3 nitrogen and oxygen atoms in total. The fourth-order valence-electron chi connectivity index (χ4n) is 4.08. The highest BCUT2D eigenvalue weighted by molar-refractivity contribution is 5.75. The third-order valence-corrected chi connectivity index (χ3v) is 5.25. The second kappa shape index (κ2) is 5.21. The Bertz CT molecular complexity index is 496. The minimum atomic E-state index is -0.0484. The van der Waals surface area contributed by atoms with Crippen LogP contribution in [0.5, 0.6) is 0 Å². The number of aryl methyl sites for hydroxylation is 1. The summed E-state index contributed by atoms with van der Waals surface area (Å²) < 4.78 is 5.10. The molecule has 108 valence electrons. The third-order valence-electron chi connectivity index (χ3n) is 5.25. The van der Waals surface area contributed by atoms with Gasteiger partial charge in [0, 0.05) is 18.0 Å². The van der Waals surface area contributed by atoms with Crippen molar-refractivity contribution in [1.29, 1.82) is 0 Å². The standard InChI is InChI=1S/C17H23NO2/c1-11-4-6-12(7-5-11)14-10-13-8-9-15(18(13)2)16(14)17(19)20-3/h4-7,13-16H,8-10H2,1-3H3/t13?,14-,15-,16-/m1/s1. The van der Waals surface area contributed by atoms with Crippen LogP contribution in [0.2, 0.25) is 0 Å². The second-order valence-corrected chi connectivity index (χ2v) is 6.27. The fraction of sp³-hybridized carbons (Fsp3) is 0.588. The smallest absolute Gasteiger partial charge is 0.310 e. The molecule has 3 heteroatoms. The maximum Gasteiger partial charge on any atom is 0.310 e. The average Bonchev–Trinajstić information content (AvgIpc) is 2.70. The van der Waals surface area contributed by atoms with Crippen LogP contribution in [0, 0.1) is 12.8 Å². The molecule has 0 spiro atoms. The van der Waals surface area contributed by atoms with Crippen molar-refractivity contribution in [1.82, 2.24) is 4.90 Å². The highest BCUT2D eigenvalue weighted by atomic mass is 16.5. The molecule has 0 radical (unpaired) electrons. The number of benzene rings is 1. The molecular weight excluding hydrogens is 250 g/mol. The number of fused-ring (bicyclic) bond motifs is 2. The molecule has 2 aliphatic heterocycles. The Labute approximate surface area is 120 Å². The first-order valence-corrected chi connectivity index (χ1v) is 7.48. The average molecular weight is 273 g/mol. The lowest BCUT2D eigenvalue weighted by Gasteiger charge is -2.41. The van der Waals surface area contributed by atoms with E-state index in [9.17, 15) is 4.79 Å². The summed E-state index contributed by atoms with van der Waals surface area (Å²) in [6.45, 7) is 2.10. The van der Waals surface area contributed by atoms with Crippen molar-refractivity contribution in [3.8, 4) is 0 Å². The molecule has 0 amide bonds. The molecule has 0 N–H and O–H groups in total. The minimum absolute atomic E-state index is 0.0218. The molecule has 1 aromatic rings. The van der Waals surface area contributed by atoms with Crippen molar-refractivity contribution in [2.45, 2.75) is 44.2 Å². The van der Waals surface area contributed by atoms with Crippen LogP contribution >= 0.6 is 0 Å².